The lowest BCUT2D eigenvalue weighted by Gasteiger charge is -2.13. The Balaban J connectivity index is 1.77. The highest BCUT2D eigenvalue weighted by Gasteiger charge is 2.24. The van der Waals surface area contributed by atoms with E-state index in [1.54, 1.807) is 54.6 Å². The van der Waals surface area contributed by atoms with Gasteiger partial charge in [-0.05, 0) is 59.7 Å². The van der Waals surface area contributed by atoms with Gasteiger partial charge in [-0.2, -0.15) is 8.42 Å². The molecule has 4 aromatic rings. The number of sulfone groups is 2. The fourth-order valence-corrected chi connectivity index (χ4v) is 7.29. The first-order valence-electron chi connectivity index (χ1n) is 10.7. The molecule has 0 atom stereocenters. The molecule has 0 aliphatic heterocycles. The van der Waals surface area contributed by atoms with Crippen molar-refractivity contribution in [2.75, 3.05) is 0 Å². The van der Waals surface area contributed by atoms with E-state index in [1.807, 2.05) is 0 Å². The van der Waals surface area contributed by atoms with Gasteiger partial charge < -0.3 is 4.18 Å². The van der Waals surface area contributed by atoms with Gasteiger partial charge in [0.25, 0.3) is 0 Å². The minimum atomic E-state index is -4.39. The van der Waals surface area contributed by atoms with Crippen LogP contribution in [0, 0.1) is 0 Å². The summed E-state index contributed by atoms with van der Waals surface area (Å²) in [6.45, 7) is 0. The van der Waals surface area contributed by atoms with Crippen LogP contribution in [0.2, 0.25) is 0 Å². The highest BCUT2D eigenvalue weighted by Crippen LogP contribution is 2.26. The van der Waals surface area contributed by atoms with Gasteiger partial charge in [0.15, 0.2) is 19.7 Å². The van der Waals surface area contributed by atoms with Crippen LogP contribution < -0.4 is 4.18 Å². The van der Waals surface area contributed by atoms with Gasteiger partial charge in [0, 0.05) is 0 Å². The quantitative estimate of drug-likeness (QED) is 0.288. The molecule has 4 rings (SSSR count). The molecule has 0 heterocycles. The summed E-state index contributed by atoms with van der Waals surface area (Å²) in [5.41, 5.74) is 0.240. The van der Waals surface area contributed by atoms with E-state index < -0.39 is 41.3 Å². The molecule has 0 bridgehead atoms. The van der Waals surface area contributed by atoms with Crippen LogP contribution in [0.3, 0.4) is 0 Å². The van der Waals surface area contributed by atoms with Crippen LogP contribution in [-0.4, -0.2) is 25.3 Å². The molecule has 0 unspecified atom stereocenters. The Morgan fingerprint density at radius 3 is 1.28 bits per heavy atom. The van der Waals surface area contributed by atoms with Gasteiger partial charge in [0.1, 0.15) is 10.6 Å². The van der Waals surface area contributed by atoms with E-state index in [-0.39, 0.29) is 31.6 Å². The van der Waals surface area contributed by atoms with Gasteiger partial charge in [-0.15, -0.1) is 0 Å². The molecule has 4 aromatic carbocycles. The normalized spacial score (nSPS) is 12.2. The monoisotopic (exact) mass is 542 g/mol. The van der Waals surface area contributed by atoms with E-state index in [0.717, 1.165) is 0 Å². The van der Waals surface area contributed by atoms with E-state index in [4.69, 9.17) is 4.18 Å². The number of para-hydroxylation sites is 1. The average molecular weight is 543 g/mol. The zero-order chi connectivity index (χ0) is 25.8. The molecular formula is C26H22O7S3. The molecule has 186 valence electrons. The lowest BCUT2D eigenvalue weighted by molar-refractivity contribution is 0.485. The molecule has 36 heavy (non-hydrogen) atoms. The second-order valence-corrected chi connectivity index (χ2v) is 13.5. The highest BCUT2D eigenvalue weighted by molar-refractivity contribution is 7.91. The summed E-state index contributed by atoms with van der Waals surface area (Å²) in [6, 6.07) is 27.0. The third-order valence-corrected chi connectivity index (χ3v) is 9.81. The number of rotatable bonds is 9. The lowest BCUT2D eigenvalue weighted by atomic mass is 10.2. The molecule has 7 nitrogen and oxygen atoms in total. The van der Waals surface area contributed by atoms with Crippen molar-refractivity contribution in [3.8, 4) is 5.75 Å². The molecule has 0 saturated carbocycles. The summed E-state index contributed by atoms with van der Waals surface area (Å²) >= 11 is 0. The van der Waals surface area contributed by atoms with Crippen LogP contribution >= 0.6 is 0 Å². The van der Waals surface area contributed by atoms with Crippen LogP contribution in [-0.2, 0) is 41.3 Å². The van der Waals surface area contributed by atoms with Crippen molar-refractivity contribution >= 4 is 29.8 Å². The minimum absolute atomic E-state index is 0.0669. The van der Waals surface area contributed by atoms with Crippen LogP contribution in [0.25, 0.3) is 0 Å². The smallest absolute Gasteiger partial charge is 0.339 e. The largest absolute Gasteiger partial charge is 0.379 e. The van der Waals surface area contributed by atoms with E-state index >= 15 is 0 Å². The van der Waals surface area contributed by atoms with Crippen molar-refractivity contribution in [2.45, 2.75) is 26.2 Å². The number of benzene rings is 4. The first-order chi connectivity index (χ1) is 17.1. The molecule has 0 radical (unpaired) electrons. The summed E-state index contributed by atoms with van der Waals surface area (Å²) in [5, 5.41) is 0. The summed E-state index contributed by atoms with van der Waals surface area (Å²) in [6.07, 6.45) is 0. The van der Waals surface area contributed by atoms with Gasteiger partial charge in [-0.25, -0.2) is 16.8 Å². The SMILES string of the molecule is O=S(=O)(Cc1cc(CS(=O)(=O)c2ccccc2)cc(S(=O)(=O)Oc2ccccc2)c1)c1ccccc1. The Kier molecular flexibility index (Phi) is 7.30. The standard InChI is InChI=1S/C26H22O7S3/c27-34(28,24-12-6-2-7-13-24)19-21-16-22(20-35(29,30)25-14-8-3-9-15-25)18-26(17-21)36(31,32)33-23-10-4-1-5-11-23/h1-18H,19-20H2. The van der Waals surface area contributed by atoms with E-state index in [9.17, 15) is 25.3 Å². The lowest BCUT2D eigenvalue weighted by Crippen LogP contribution is -2.13. The maximum Gasteiger partial charge on any atom is 0.339 e. The molecule has 10 heteroatoms. The number of hydrogen-bond acceptors (Lipinski definition) is 7. The first kappa shape index (κ1) is 25.6. The summed E-state index contributed by atoms with van der Waals surface area (Å²) in [7, 11) is -12.1. The Morgan fingerprint density at radius 1 is 0.472 bits per heavy atom. The first-order valence-corrected chi connectivity index (χ1v) is 15.4. The molecule has 0 spiro atoms. The second kappa shape index (κ2) is 10.3. The topological polar surface area (TPSA) is 112 Å². The summed E-state index contributed by atoms with van der Waals surface area (Å²) in [5.74, 6) is -0.980. The van der Waals surface area contributed by atoms with Gasteiger partial charge in [0.05, 0.1) is 21.3 Å². The van der Waals surface area contributed by atoms with Gasteiger partial charge >= 0.3 is 10.1 Å². The van der Waals surface area contributed by atoms with Crippen LogP contribution in [0.1, 0.15) is 11.1 Å². The Morgan fingerprint density at radius 2 is 0.861 bits per heavy atom. The van der Waals surface area contributed by atoms with E-state index in [0.29, 0.717) is 0 Å². The zero-order valence-electron chi connectivity index (χ0n) is 18.9. The molecule has 0 N–H and O–H groups in total. The molecule has 0 fully saturated rings. The van der Waals surface area contributed by atoms with Crippen molar-refractivity contribution in [3.63, 3.8) is 0 Å². The van der Waals surface area contributed by atoms with Crippen LogP contribution in [0.4, 0.5) is 0 Å². The number of hydrogen-bond donors (Lipinski definition) is 0. The molecule has 0 aromatic heterocycles. The van der Waals surface area contributed by atoms with E-state index in [1.165, 1.54) is 54.6 Å². The predicted molar refractivity (Wildman–Crippen MR) is 135 cm³/mol. The Labute approximate surface area is 211 Å². The maximum absolute atomic E-state index is 13.1. The van der Waals surface area contributed by atoms with Crippen LogP contribution in [0.15, 0.2) is 124 Å². The van der Waals surface area contributed by atoms with Crippen molar-refractivity contribution in [1.29, 1.82) is 0 Å². The second-order valence-electron chi connectivity index (χ2n) is 7.98. The van der Waals surface area contributed by atoms with Crippen LogP contribution in [0.5, 0.6) is 5.75 Å². The molecule has 0 amide bonds. The van der Waals surface area contributed by atoms with Gasteiger partial charge in [-0.3, -0.25) is 0 Å². The van der Waals surface area contributed by atoms with Crippen molar-refractivity contribution in [3.05, 3.63) is 120 Å². The molecular weight excluding hydrogens is 520 g/mol. The van der Waals surface area contributed by atoms with Gasteiger partial charge in [0.2, 0.25) is 0 Å². The fourth-order valence-electron chi connectivity index (χ4n) is 3.55. The Bertz CT molecular complexity index is 1580. The highest BCUT2D eigenvalue weighted by atomic mass is 32.2. The Hall–Kier alpha value is -3.47. The minimum Gasteiger partial charge on any atom is -0.379 e. The van der Waals surface area contributed by atoms with Crippen molar-refractivity contribution < 1.29 is 29.4 Å². The molecule has 0 aliphatic carbocycles. The summed E-state index contributed by atoms with van der Waals surface area (Å²) < 4.78 is 83.2. The summed E-state index contributed by atoms with van der Waals surface area (Å²) in [4.78, 5) is -0.208. The maximum atomic E-state index is 13.1. The third-order valence-electron chi connectivity index (χ3n) is 5.18. The fraction of sp³-hybridized carbons (Fsp3) is 0.0769. The zero-order valence-corrected chi connectivity index (χ0v) is 21.3. The van der Waals surface area contributed by atoms with Crippen molar-refractivity contribution in [2.24, 2.45) is 0 Å². The molecule has 0 saturated heterocycles. The van der Waals surface area contributed by atoms with Crippen molar-refractivity contribution in [1.82, 2.24) is 0 Å². The third kappa shape index (κ3) is 6.20. The van der Waals surface area contributed by atoms with E-state index in [2.05, 4.69) is 0 Å². The average Bonchev–Trinajstić information content (AvgIpc) is 2.85. The predicted octanol–water partition coefficient (Wildman–Crippen LogP) is 4.40. The van der Waals surface area contributed by atoms with Gasteiger partial charge in [-0.1, -0.05) is 60.7 Å². The molecule has 0 aliphatic rings.